The number of aromatic amines is 1. The molecule has 1 amide bonds. The highest BCUT2D eigenvalue weighted by Gasteiger charge is 2.21. The molecule has 0 radical (unpaired) electrons. The molecular formula is C57H62Cl7N13O15S. The lowest BCUT2D eigenvalue weighted by Crippen LogP contribution is -3.00. The van der Waals surface area contributed by atoms with Gasteiger partial charge in [0.2, 0.25) is 15.0 Å². The van der Waals surface area contributed by atoms with Gasteiger partial charge in [0.25, 0.3) is 5.69 Å². The number of ether oxygens (including phenoxy) is 5. The molecule has 0 aliphatic carbocycles. The topological polar surface area (TPSA) is 393 Å². The Kier molecular flexibility index (Phi) is 36.9. The molecule has 0 bridgehead atoms. The van der Waals surface area contributed by atoms with E-state index in [4.69, 9.17) is 86.5 Å². The number of pyridine rings is 7. The lowest BCUT2D eigenvalue weighted by atomic mass is 10.2. The van der Waals surface area contributed by atoms with Crippen LogP contribution in [0, 0.1) is 0 Å². The number of carbonyl (C=O) groups excluding carboxylic acids is 3. The third kappa shape index (κ3) is 32.1. The van der Waals surface area contributed by atoms with E-state index >= 15 is 0 Å². The summed E-state index contributed by atoms with van der Waals surface area (Å²) in [4.78, 5) is 96.1. The lowest BCUT2D eigenvalue weighted by molar-refractivity contribution is -0.383. The van der Waals surface area contributed by atoms with Gasteiger partial charge in [-0.1, -0.05) is 52.5 Å². The summed E-state index contributed by atoms with van der Waals surface area (Å²) in [6, 6.07) is 24.5. The zero-order valence-electron chi connectivity index (χ0n) is 49.8. The number of esters is 2. The van der Waals surface area contributed by atoms with E-state index < -0.39 is 56.1 Å². The Morgan fingerprint density at radius 1 is 0.645 bits per heavy atom. The number of carboxylic acid groups (broad SMARTS) is 2. The Bertz CT molecular complexity index is 3740. The average molecular weight is 1450 g/mol. The summed E-state index contributed by atoms with van der Waals surface area (Å²) in [5, 5.41) is 31.0. The Labute approximate surface area is 569 Å². The molecule has 9 N–H and O–H groups in total. The molecule has 0 unspecified atom stereocenters. The Morgan fingerprint density at radius 2 is 1.15 bits per heavy atom. The SMILES string of the molecule is CC(C)(C)OC(=O)Nc1cc(Cl)ccn1.COC(=O)c1cc(Cl)ccn1.COC(=O)c1nc2cc(N3CCOCC3)ccn2c(=O)c1O.Nc1cc(Cl)ccn1.Nc1cc(N2CCOCC2)ccn1.O=C(O)c1cc(Cl)cc[nH+]1.O=C(O)c1ccccn1.O=S(Cl)Cl.[Cl-]. The minimum Gasteiger partial charge on any atom is -1.00 e. The second kappa shape index (κ2) is 42.6. The number of nitrogens with zero attached hydrogens (tertiary/aromatic N) is 9. The number of carboxylic acids is 2. The first kappa shape index (κ1) is 80.6. The highest BCUT2D eigenvalue weighted by Crippen LogP contribution is 2.21. The molecule has 10 heterocycles. The van der Waals surface area contributed by atoms with Gasteiger partial charge in [0.05, 0.1) is 45.7 Å². The number of rotatable bonds is 7. The van der Waals surface area contributed by atoms with Crippen LogP contribution >= 0.6 is 67.8 Å². The Hall–Kier alpha value is -8.49. The van der Waals surface area contributed by atoms with Crippen molar-refractivity contribution in [2.75, 3.05) is 93.4 Å². The zero-order valence-corrected chi connectivity index (χ0v) is 55.9. The van der Waals surface area contributed by atoms with Gasteiger partial charge in [-0.3, -0.25) is 14.5 Å². The molecule has 0 atom stereocenters. The molecule has 500 valence electrons. The third-order valence-electron chi connectivity index (χ3n) is 10.8. The molecule has 2 fully saturated rings. The van der Waals surface area contributed by atoms with Crippen molar-refractivity contribution in [3.8, 4) is 5.75 Å². The number of amides is 1. The van der Waals surface area contributed by atoms with Gasteiger partial charge in [0, 0.05) is 135 Å². The summed E-state index contributed by atoms with van der Waals surface area (Å²) < 4.78 is 34.8. The fourth-order valence-corrected chi connectivity index (χ4v) is 7.46. The first-order chi connectivity index (χ1) is 43.6. The largest absolute Gasteiger partial charge is 1.00 e. The molecule has 8 aromatic rings. The molecular weight excluding hydrogens is 1390 g/mol. The fourth-order valence-electron chi connectivity index (χ4n) is 6.80. The molecule has 0 spiro atoms. The van der Waals surface area contributed by atoms with E-state index in [2.05, 4.69) is 80.8 Å². The number of hydrogen-bond acceptors (Lipinski definition) is 23. The van der Waals surface area contributed by atoms with Crippen molar-refractivity contribution in [2.24, 2.45) is 0 Å². The van der Waals surface area contributed by atoms with Crippen LogP contribution in [0.25, 0.3) is 5.65 Å². The summed E-state index contributed by atoms with van der Waals surface area (Å²) in [6.45, 7) is 11.6. The van der Waals surface area contributed by atoms with E-state index in [9.17, 15) is 33.9 Å². The molecule has 93 heavy (non-hydrogen) atoms. The van der Waals surface area contributed by atoms with Crippen LogP contribution in [-0.4, -0.2) is 156 Å². The number of hydrogen-bond donors (Lipinski definition) is 6. The molecule has 2 aliphatic heterocycles. The van der Waals surface area contributed by atoms with Crippen molar-refractivity contribution < 1.29 is 84.6 Å². The molecule has 10 rings (SSSR count). The van der Waals surface area contributed by atoms with E-state index in [1.165, 1.54) is 60.7 Å². The van der Waals surface area contributed by atoms with Gasteiger partial charge in [-0.05, 0) is 81.4 Å². The van der Waals surface area contributed by atoms with Gasteiger partial charge in [-0.2, -0.15) is 0 Å². The maximum absolute atomic E-state index is 12.1. The third-order valence-corrected chi connectivity index (χ3v) is 11.7. The van der Waals surface area contributed by atoms with Gasteiger partial charge >= 0.3 is 35.5 Å². The van der Waals surface area contributed by atoms with Crippen LogP contribution in [0.5, 0.6) is 5.75 Å². The van der Waals surface area contributed by atoms with E-state index in [0.29, 0.717) is 50.8 Å². The maximum Gasteiger partial charge on any atom is 0.413 e. The number of aromatic carboxylic acids is 2. The number of aromatic nitrogens is 8. The fraction of sp³-hybridized carbons (Fsp3) is 0.246. The average Bonchev–Trinajstić information content (AvgIpc) is 0.787. The molecule has 36 heteroatoms. The standard InChI is InChI=1S/C14H15N3O5.C10H13ClN2O2.C9H13N3O.C7H6ClNO2.C6H4ClNO2.C6H5NO2.C5H5ClN2.Cl2OS.ClH/c1-21-14(20)11-12(18)13(19)17-3-2-9(8-10(17)15-11)16-4-6-22-7-5-16;1-10(2,3)15-9(14)13-8-6-7(11)4-5-12-8;10-9-7-8(1-2-11-9)12-3-5-13-6-4-12;1-11-7(10)6-4-5(8)2-3-9-6;7-4-1-2-8-5(3-4)6(9)10;8-6(9)5-3-1-2-4-7-5;6-4-1-2-8-5(7)3-4;1-4(2)3;/h2-3,8,18H,4-7H2,1H3;4-6H,1-3H3,(H,12,13,14);1-2,7H,3-6H2,(H2,10,11);2-4H,1H3;1-3H,(H,9,10);1-4H,(H,8,9);1-3H,(H2,7,8);;1H. The smallest absolute Gasteiger partial charge is 0.413 e. The van der Waals surface area contributed by atoms with Gasteiger partial charge in [0.1, 0.15) is 40.1 Å². The predicted molar refractivity (Wildman–Crippen MR) is 349 cm³/mol. The maximum atomic E-state index is 12.1. The molecule has 28 nitrogen and oxygen atoms in total. The quantitative estimate of drug-likeness (QED) is 0.0594. The minimum absolute atomic E-state index is 0. The minimum atomic E-state index is -1.67. The number of anilines is 5. The number of nitrogen functional groups attached to an aromatic ring is 2. The van der Waals surface area contributed by atoms with Gasteiger partial charge in [-0.15, -0.1) is 0 Å². The number of carbonyl (C=O) groups is 5. The summed E-state index contributed by atoms with van der Waals surface area (Å²) in [5.41, 5.74) is 11.9. The number of nitrogens with two attached hydrogens (primary N) is 2. The van der Waals surface area contributed by atoms with Gasteiger partial charge in [-0.25, -0.2) is 63.1 Å². The summed E-state index contributed by atoms with van der Waals surface area (Å²) in [6.07, 6.45) is 10.2. The molecule has 0 saturated carbocycles. The monoisotopic (exact) mass is 1450 g/mol. The lowest BCUT2D eigenvalue weighted by Gasteiger charge is -2.28. The highest BCUT2D eigenvalue weighted by molar-refractivity contribution is 8.26. The van der Waals surface area contributed by atoms with Gasteiger partial charge in [0.15, 0.2) is 11.9 Å². The van der Waals surface area contributed by atoms with Crippen molar-refractivity contribution in [3.63, 3.8) is 0 Å². The van der Waals surface area contributed by atoms with Crippen LogP contribution in [0.1, 0.15) is 62.7 Å². The number of fused-ring (bicyclic) bond motifs is 1. The number of nitrogens with one attached hydrogen (secondary N) is 2. The molecule has 0 aromatic carbocycles. The Balaban J connectivity index is 0.000000374. The first-order valence-electron chi connectivity index (χ1n) is 26.3. The van der Waals surface area contributed by atoms with Crippen LogP contribution in [0.15, 0.2) is 139 Å². The van der Waals surface area contributed by atoms with Crippen LogP contribution in [0.4, 0.5) is 33.6 Å². The summed E-state index contributed by atoms with van der Waals surface area (Å²) in [7, 11) is 9.82. The van der Waals surface area contributed by atoms with Crippen LogP contribution < -0.4 is 49.5 Å². The van der Waals surface area contributed by atoms with Crippen molar-refractivity contribution in [1.82, 2.24) is 34.3 Å². The number of methoxy groups -OCH3 is 2. The highest BCUT2D eigenvalue weighted by atomic mass is 36.0. The molecule has 2 aliphatic rings. The van der Waals surface area contributed by atoms with Crippen LogP contribution in [0.3, 0.4) is 0 Å². The predicted octanol–water partition coefficient (Wildman–Crippen LogP) is 6.12. The number of halogens is 7. The normalized spacial score (nSPS) is 11.9. The second-order valence-corrected chi connectivity index (χ2v) is 22.8. The van der Waals surface area contributed by atoms with Crippen LogP contribution in [-0.2, 0) is 32.9 Å². The van der Waals surface area contributed by atoms with E-state index in [-0.39, 0.29) is 40.8 Å². The van der Waals surface area contributed by atoms with Gasteiger partial charge < -0.3 is 72.7 Å². The first-order valence-corrected chi connectivity index (χ1v) is 30.6. The number of H-pyrrole nitrogens is 1. The summed E-state index contributed by atoms with van der Waals surface area (Å²) >= 11 is 22.4. The van der Waals surface area contributed by atoms with Crippen molar-refractivity contribution in [3.05, 3.63) is 188 Å². The summed E-state index contributed by atoms with van der Waals surface area (Å²) in [5.74, 6) is -2.65. The second-order valence-electron chi connectivity index (χ2n) is 18.5. The van der Waals surface area contributed by atoms with E-state index in [0.717, 1.165) is 57.9 Å². The number of morpholine rings is 2. The van der Waals surface area contributed by atoms with E-state index in [1.54, 1.807) is 93.8 Å². The Morgan fingerprint density at radius 3 is 1.59 bits per heavy atom. The number of aromatic hydroxyl groups is 1. The zero-order chi connectivity index (χ0) is 68.3. The van der Waals surface area contributed by atoms with E-state index in [1.807, 2.05) is 12.1 Å². The molecule has 2 saturated heterocycles. The van der Waals surface area contributed by atoms with Crippen LogP contribution in [0.2, 0.25) is 20.1 Å². The van der Waals surface area contributed by atoms with Crippen molar-refractivity contribution in [2.45, 2.75) is 26.4 Å². The molecule has 8 aromatic heterocycles. The van der Waals surface area contributed by atoms with Crippen molar-refractivity contribution >= 4 is 141 Å². The van der Waals surface area contributed by atoms with Crippen molar-refractivity contribution in [1.29, 1.82) is 0 Å².